The van der Waals surface area contributed by atoms with Gasteiger partial charge in [-0.2, -0.15) is 0 Å². The van der Waals surface area contributed by atoms with Crippen molar-refractivity contribution in [3.8, 4) is 0 Å². The van der Waals surface area contributed by atoms with Gasteiger partial charge in [0.05, 0.1) is 0 Å². The van der Waals surface area contributed by atoms with Crippen LogP contribution in [-0.4, -0.2) is 44.7 Å². The zero-order valence-corrected chi connectivity index (χ0v) is 16.5. The molecule has 0 saturated heterocycles. The quantitative estimate of drug-likeness (QED) is 0.685. The second-order valence-electron chi connectivity index (χ2n) is 7.46. The van der Waals surface area contributed by atoms with Gasteiger partial charge in [0.1, 0.15) is 0 Å². The molecule has 0 N–H and O–H groups in total. The normalized spacial score (nSPS) is 28.0. The van der Waals surface area contributed by atoms with Crippen molar-refractivity contribution < 1.29 is 0 Å². The summed E-state index contributed by atoms with van der Waals surface area (Å²) in [6.07, 6.45) is 0. The SMILES string of the molecule is [Li][As]1([Si](C)(C)C)=C(C)C(C)=C([Si](C)(C)C)C1. The van der Waals surface area contributed by atoms with E-state index >= 15 is 0 Å². The van der Waals surface area contributed by atoms with Gasteiger partial charge in [0.25, 0.3) is 0 Å². The molecule has 0 aromatic heterocycles. The minimum atomic E-state index is -1.50. The van der Waals surface area contributed by atoms with E-state index in [4.69, 9.17) is 0 Å². The summed E-state index contributed by atoms with van der Waals surface area (Å²) in [6, 6.07) is 0. The Kier molecular flexibility index (Phi) is 4.19. The Hall–Kier alpha value is 1.20. The first kappa shape index (κ1) is 15.3. The van der Waals surface area contributed by atoms with Crippen LogP contribution in [0.2, 0.25) is 44.5 Å². The Morgan fingerprint density at radius 1 is 1.00 bits per heavy atom. The Bertz CT molecular complexity index is 394. The summed E-state index contributed by atoms with van der Waals surface area (Å²) in [4.78, 5) is 0. The van der Waals surface area contributed by atoms with Gasteiger partial charge in [-0.3, -0.25) is 0 Å². The summed E-state index contributed by atoms with van der Waals surface area (Å²) in [5.41, 5.74) is 1.73. The molecule has 0 bridgehead atoms. The summed E-state index contributed by atoms with van der Waals surface area (Å²) >= 11 is 2.69. The van der Waals surface area contributed by atoms with E-state index in [-0.39, 0.29) is 0 Å². The van der Waals surface area contributed by atoms with Crippen LogP contribution in [-0.2, 0) is 0 Å². The van der Waals surface area contributed by atoms with Crippen molar-refractivity contribution in [2.45, 2.75) is 58.3 Å². The first-order chi connectivity index (χ1) is 6.91. The molecule has 1 heterocycles. The van der Waals surface area contributed by atoms with Crippen LogP contribution in [0.5, 0.6) is 0 Å². The summed E-state index contributed by atoms with van der Waals surface area (Å²) in [5.74, 6) is 0. The third-order valence-corrected chi connectivity index (χ3v) is 37.6. The van der Waals surface area contributed by atoms with Crippen LogP contribution >= 0.6 is 0 Å². The molecule has 0 aliphatic carbocycles. The molecular formula is C12H26AsLiSi2. The second-order valence-corrected chi connectivity index (χ2v) is 37.5. The fourth-order valence-electron chi connectivity index (χ4n) is 2.68. The maximum atomic E-state index is 2.69. The summed E-state index contributed by atoms with van der Waals surface area (Å²) in [7, 11) is -2.57. The van der Waals surface area contributed by atoms with Gasteiger partial charge in [0.15, 0.2) is 0 Å². The van der Waals surface area contributed by atoms with Crippen LogP contribution in [0.4, 0.5) is 0 Å². The molecule has 16 heavy (non-hydrogen) atoms. The van der Waals surface area contributed by atoms with E-state index in [0.29, 0.717) is 0 Å². The molecule has 0 fully saturated rings. The van der Waals surface area contributed by atoms with Crippen molar-refractivity contribution in [3.05, 3.63) is 10.8 Å². The average Bonchev–Trinajstić information content (AvgIpc) is 2.28. The molecule has 0 aromatic carbocycles. The molecule has 1 aliphatic rings. The van der Waals surface area contributed by atoms with Gasteiger partial charge in [-0.1, -0.05) is 0 Å². The van der Waals surface area contributed by atoms with Gasteiger partial charge in [0.2, 0.25) is 0 Å². The zero-order valence-electron chi connectivity index (χ0n) is 12.7. The van der Waals surface area contributed by atoms with Crippen LogP contribution < -0.4 is 0 Å². The monoisotopic (exact) mass is 308 g/mol. The molecular weight excluding hydrogens is 282 g/mol. The van der Waals surface area contributed by atoms with Crippen LogP contribution in [0, 0.1) is 0 Å². The van der Waals surface area contributed by atoms with Gasteiger partial charge in [-0.15, -0.1) is 0 Å². The Morgan fingerprint density at radius 3 is 1.62 bits per heavy atom. The molecule has 1 unspecified atom stereocenters. The third-order valence-electron chi connectivity index (χ3n) is 4.60. The molecule has 1 rings (SSSR count). The van der Waals surface area contributed by atoms with E-state index in [1.54, 1.807) is 5.57 Å². The molecule has 88 valence electrons. The number of hydrogen-bond acceptors (Lipinski definition) is 0. The fraction of sp³-hybridized carbons (Fsp3) is 0.750. The topological polar surface area (TPSA) is 0 Å². The molecule has 4 heteroatoms. The Morgan fingerprint density at radius 2 is 1.44 bits per heavy atom. The van der Waals surface area contributed by atoms with Crippen molar-refractivity contribution in [3.63, 3.8) is 0 Å². The summed E-state index contributed by atoms with van der Waals surface area (Å²) < 4.78 is 1.87. The van der Waals surface area contributed by atoms with E-state index in [1.807, 2.05) is 9.50 Å². The zero-order chi connectivity index (χ0) is 12.9. The van der Waals surface area contributed by atoms with E-state index in [9.17, 15) is 0 Å². The second kappa shape index (κ2) is 4.39. The number of hydrogen-bond donors (Lipinski definition) is 0. The number of rotatable bonds is 2. The Balaban J connectivity index is 3.31. The first-order valence-corrected chi connectivity index (χ1v) is 20.2. The van der Waals surface area contributed by atoms with Crippen LogP contribution in [0.3, 0.4) is 0 Å². The Labute approximate surface area is 113 Å². The molecule has 0 spiro atoms. The summed E-state index contributed by atoms with van der Waals surface area (Å²) in [5, 5.41) is 3.43. The average molecular weight is 308 g/mol. The fourth-order valence-corrected chi connectivity index (χ4v) is 26.8. The van der Waals surface area contributed by atoms with Crippen molar-refractivity contribution >= 4 is 44.7 Å². The van der Waals surface area contributed by atoms with Crippen LogP contribution in [0.15, 0.2) is 10.8 Å². The molecule has 1 aliphatic heterocycles. The van der Waals surface area contributed by atoms with Gasteiger partial charge in [-0.25, -0.2) is 0 Å². The van der Waals surface area contributed by atoms with Crippen molar-refractivity contribution in [2.75, 3.05) is 0 Å². The van der Waals surface area contributed by atoms with Gasteiger partial charge in [-0.05, 0) is 0 Å². The van der Waals surface area contributed by atoms with Crippen LogP contribution in [0.1, 0.15) is 13.8 Å². The maximum absolute atomic E-state index is 2.69. The molecule has 0 radical (unpaired) electrons. The van der Waals surface area contributed by atoms with E-state index in [2.05, 4.69) is 68.7 Å². The van der Waals surface area contributed by atoms with E-state index in [1.165, 1.54) is 5.21 Å². The number of allylic oxidation sites excluding steroid dienone is 2. The minimum absolute atomic E-state index is 0.958. The standard InChI is InChI=1S/C12H26AsSi2.Li/c1-10-11(2)13(15(6,7)8)9-12(10)14(3,4)5;/h9H2,1-8H3;/q+1;-1. The molecule has 0 amide bonds. The molecule has 0 nitrogen and oxygen atoms in total. The van der Waals surface area contributed by atoms with Crippen molar-refractivity contribution in [1.29, 1.82) is 0 Å². The van der Waals surface area contributed by atoms with E-state index < -0.39 is 24.8 Å². The first-order valence-electron chi connectivity index (χ1n) is 6.31. The van der Waals surface area contributed by atoms with Gasteiger partial charge >= 0.3 is 114 Å². The van der Waals surface area contributed by atoms with Gasteiger partial charge < -0.3 is 0 Å². The van der Waals surface area contributed by atoms with Crippen LogP contribution in [0.25, 0.3) is 0 Å². The van der Waals surface area contributed by atoms with Crippen molar-refractivity contribution in [2.24, 2.45) is 0 Å². The predicted molar refractivity (Wildman–Crippen MR) is 86.4 cm³/mol. The van der Waals surface area contributed by atoms with Crippen molar-refractivity contribution in [1.82, 2.24) is 0 Å². The molecule has 0 saturated carbocycles. The molecule has 1 atom stereocenters. The predicted octanol–water partition coefficient (Wildman–Crippen LogP) is 3.50. The third kappa shape index (κ3) is 2.47. The van der Waals surface area contributed by atoms with E-state index in [0.717, 1.165) is 0 Å². The van der Waals surface area contributed by atoms with Gasteiger partial charge in [0, 0.05) is 0 Å². The summed E-state index contributed by atoms with van der Waals surface area (Å²) in [6.45, 7) is 19.3. The molecule has 0 aromatic rings.